The van der Waals surface area contributed by atoms with E-state index in [1.165, 1.54) is 7.11 Å². The van der Waals surface area contributed by atoms with Gasteiger partial charge in [0.1, 0.15) is 11.1 Å². The largest absolute Gasteiger partial charge is 0.372 e. The number of allylic oxidation sites excluding steroid dienone is 2. The van der Waals surface area contributed by atoms with E-state index in [4.69, 9.17) is 33.7 Å². The molecule has 0 aromatic heterocycles. The molecule has 0 aromatic carbocycles. The summed E-state index contributed by atoms with van der Waals surface area (Å²) < 4.78 is 5.01. The molecule has 0 saturated heterocycles. The summed E-state index contributed by atoms with van der Waals surface area (Å²) in [6.07, 6.45) is 4.62. The van der Waals surface area contributed by atoms with Gasteiger partial charge in [0.2, 0.25) is 0 Å². The van der Waals surface area contributed by atoms with Crippen LogP contribution in [0.4, 0.5) is 0 Å². The van der Waals surface area contributed by atoms with Crippen LogP contribution < -0.4 is 5.73 Å². The van der Waals surface area contributed by atoms with Gasteiger partial charge in [0.25, 0.3) is 0 Å². The summed E-state index contributed by atoms with van der Waals surface area (Å²) in [5.41, 5.74) is 5.65. The fourth-order valence-electron chi connectivity index (χ4n) is 0.967. The van der Waals surface area contributed by atoms with Gasteiger partial charge in [0, 0.05) is 7.11 Å². The first-order valence-electron chi connectivity index (χ1n) is 3.13. The van der Waals surface area contributed by atoms with Gasteiger partial charge in [-0.3, -0.25) is 0 Å². The zero-order valence-electron chi connectivity index (χ0n) is 6.05. The van der Waals surface area contributed by atoms with Crippen LogP contribution in [0.5, 0.6) is 0 Å². The molecular weight excluding hydrogens is 185 g/mol. The van der Waals surface area contributed by atoms with E-state index in [1.807, 2.05) is 0 Å². The predicted molar refractivity (Wildman–Crippen MR) is 46.6 cm³/mol. The maximum absolute atomic E-state index is 5.87. The first-order chi connectivity index (χ1) is 5.08. The Morgan fingerprint density at radius 3 is 2.73 bits per heavy atom. The topological polar surface area (TPSA) is 35.2 Å². The van der Waals surface area contributed by atoms with Crippen molar-refractivity contribution in [1.29, 1.82) is 0 Å². The zero-order chi connectivity index (χ0) is 8.48. The third-order valence-electron chi connectivity index (χ3n) is 1.50. The highest BCUT2D eigenvalue weighted by Gasteiger charge is 2.34. The number of ether oxygens (including phenoxy) is 1. The van der Waals surface area contributed by atoms with Crippen LogP contribution in [0.25, 0.3) is 0 Å². The van der Waals surface area contributed by atoms with Crippen molar-refractivity contribution in [2.24, 2.45) is 5.73 Å². The molecule has 0 heterocycles. The Bertz CT molecular complexity index is 210. The van der Waals surface area contributed by atoms with Gasteiger partial charge >= 0.3 is 0 Å². The molecule has 0 radical (unpaired) electrons. The van der Waals surface area contributed by atoms with Crippen LogP contribution in [-0.2, 0) is 4.74 Å². The van der Waals surface area contributed by atoms with E-state index in [9.17, 15) is 0 Å². The normalized spacial score (nSPS) is 37.1. The Morgan fingerprint density at radius 1 is 1.73 bits per heavy atom. The van der Waals surface area contributed by atoms with Crippen molar-refractivity contribution < 1.29 is 4.74 Å². The lowest BCUT2D eigenvalue weighted by molar-refractivity contribution is 0.114. The van der Waals surface area contributed by atoms with Crippen LogP contribution in [-0.4, -0.2) is 18.2 Å². The molecule has 2 N–H and O–H groups in total. The summed E-state index contributed by atoms with van der Waals surface area (Å²) in [6.45, 7) is 0. The van der Waals surface area contributed by atoms with Gasteiger partial charge in [0.15, 0.2) is 0 Å². The van der Waals surface area contributed by atoms with E-state index in [-0.39, 0.29) is 0 Å². The average molecular weight is 194 g/mol. The Labute approximate surface area is 75.6 Å². The second-order valence-corrected chi connectivity index (χ2v) is 3.44. The molecule has 1 aliphatic rings. The fourth-order valence-corrected chi connectivity index (χ4v) is 1.64. The highest BCUT2D eigenvalue weighted by atomic mass is 35.5. The SMILES string of the molecule is COC1C(Cl)=CC=CC1(N)Cl. The Morgan fingerprint density at radius 2 is 2.36 bits per heavy atom. The summed E-state index contributed by atoms with van der Waals surface area (Å²) >= 11 is 11.7. The summed E-state index contributed by atoms with van der Waals surface area (Å²) in [6, 6.07) is 0. The van der Waals surface area contributed by atoms with Crippen molar-refractivity contribution in [2.75, 3.05) is 7.11 Å². The monoisotopic (exact) mass is 193 g/mol. The molecule has 0 amide bonds. The lowest BCUT2D eigenvalue weighted by atomic mass is 10.1. The first kappa shape index (κ1) is 9.07. The molecule has 4 heteroatoms. The highest BCUT2D eigenvalue weighted by Crippen LogP contribution is 2.29. The summed E-state index contributed by atoms with van der Waals surface area (Å²) in [4.78, 5) is -1.01. The minimum Gasteiger partial charge on any atom is -0.372 e. The molecule has 2 atom stereocenters. The van der Waals surface area contributed by atoms with Crippen molar-refractivity contribution in [3.05, 3.63) is 23.3 Å². The summed E-state index contributed by atoms with van der Waals surface area (Å²) in [5.74, 6) is 0. The maximum atomic E-state index is 5.87. The van der Waals surface area contributed by atoms with Crippen molar-refractivity contribution in [3.63, 3.8) is 0 Å². The quantitative estimate of drug-likeness (QED) is 0.508. The number of hydrogen-bond acceptors (Lipinski definition) is 2. The van der Waals surface area contributed by atoms with Crippen LogP contribution in [0.3, 0.4) is 0 Å². The molecule has 2 nitrogen and oxygen atoms in total. The highest BCUT2D eigenvalue weighted by molar-refractivity contribution is 6.33. The first-order valence-corrected chi connectivity index (χ1v) is 3.89. The van der Waals surface area contributed by atoms with Crippen LogP contribution in [0, 0.1) is 0 Å². The number of hydrogen-bond donors (Lipinski definition) is 1. The lowest BCUT2D eigenvalue weighted by Gasteiger charge is -2.29. The van der Waals surface area contributed by atoms with Gasteiger partial charge in [-0.25, -0.2) is 0 Å². The van der Waals surface area contributed by atoms with E-state index in [2.05, 4.69) is 0 Å². The summed E-state index contributed by atoms with van der Waals surface area (Å²) in [5, 5.41) is 0.521. The van der Waals surface area contributed by atoms with Gasteiger partial charge in [-0.05, 0) is 12.2 Å². The van der Waals surface area contributed by atoms with Crippen LogP contribution in [0.2, 0.25) is 0 Å². The molecule has 0 aromatic rings. The van der Waals surface area contributed by atoms with E-state index in [0.29, 0.717) is 5.03 Å². The van der Waals surface area contributed by atoms with Gasteiger partial charge < -0.3 is 10.5 Å². The van der Waals surface area contributed by atoms with E-state index >= 15 is 0 Å². The van der Waals surface area contributed by atoms with Crippen LogP contribution >= 0.6 is 23.2 Å². The molecule has 1 rings (SSSR count). The Hall–Kier alpha value is -0.0200. The zero-order valence-corrected chi connectivity index (χ0v) is 7.56. The number of halogens is 2. The molecular formula is C7H9Cl2NO. The maximum Gasteiger partial charge on any atom is 0.141 e. The summed E-state index contributed by atoms with van der Waals surface area (Å²) in [7, 11) is 1.52. The smallest absolute Gasteiger partial charge is 0.141 e. The Kier molecular flexibility index (Phi) is 2.60. The predicted octanol–water partition coefficient (Wildman–Crippen LogP) is 1.59. The average Bonchev–Trinajstić information content (AvgIpc) is 1.86. The molecule has 0 aliphatic heterocycles. The van der Waals surface area contributed by atoms with Gasteiger partial charge in [-0.2, -0.15) is 0 Å². The van der Waals surface area contributed by atoms with Crippen molar-refractivity contribution in [1.82, 2.24) is 0 Å². The minimum absolute atomic E-state index is 0.448. The van der Waals surface area contributed by atoms with Crippen molar-refractivity contribution in [3.8, 4) is 0 Å². The lowest BCUT2D eigenvalue weighted by Crippen LogP contribution is -2.46. The molecule has 0 fully saturated rings. The standard InChI is InChI=1S/C7H9Cl2NO/c1-11-6-5(8)3-2-4-7(6,9)10/h2-4,6H,10H2,1H3. The molecule has 1 aliphatic carbocycles. The third-order valence-corrected chi connectivity index (χ3v) is 2.14. The molecule has 11 heavy (non-hydrogen) atoms. The van der Waals surface area contributed by atoms with E-state index in [0.717, 1.165) is 0 Å². The van der Waals surface area contributed by atoms with Crippen molar-refractivity contribution >= 4 is 23.2 Å². The fraction of sp³-hybridized carbons (Fsp3) is 0.429. The van der Waals surface area contributed by atoms with E-state index < -0.39 is 11.1 Å². The van der Waals surface area contributed by atoms with Crippen LogP contribution in [0.15, 0.2) is 23.3 Å². The molecule has 0 bridgehead atoms. The molecule has 0 saturated carbocycles. The minimum atomic E-state index is -1.01. The van der Waals surface area contributed by atoms with E-state index in [1.54, 1.807) is 18.2 Å². The Balaban J connectivity index is 2.88. The third kappa shape index (κ3) is 1.76. The molecule has 62 valence electrons. The number of alkyl halides is 1. The second-order valence-electron chi connectivity index (χ2n) is 2.35. The van der Waals surface area contributed by atoms with Crippen molar-refractivity contribution in [2.45, 2.75) is 11.1 Å². The molecule has 2 unspecified atom stereocenters. The number of rotatable bonds is 1. The number of methoxy groups -OCH3 is 1. The van der Waals surface area contributed by atoms with Gasteiger partial charge in [-0.15, -0.1) is 0 Å². The second kappa shape index (κ2) is 3.15. The van der Waals surface area contributed by atoms with Crippen LogP contribution in [0.1, 0.15) is 0 Å². The number of nitrogens with two attached hydrogens (primary N) is 1. The van der Waals surface area contributed by atoms with Gasteiger partial charge in [-0.1, -0.05) is 29.3 Å². The molecule has 0 spiro atoms. The van der Waals surface area contributed by atoms with Gasteiger partial charge in [0.05, 0.1) is 5.03 Å².